The molecule has 6 nitrogen and oxygen atoms in total. The standard InChI is InChI=1S/C15H15F2NO5/c1-15(2)22-12(14(20)23-15)7-13(19)18(21-3)8-9-4-5-10(16)11(17)6-9/h4-7H,8H2,1-3H3/b12-7-. The minimum absolute atomic E-state index is 0.144. The van der Waals surface area contributed by atoms with Crippen molar-refractivity contribution in [3.63, 3.8) is 0 Å². The van der Waals surface area contributed by atoms with Gasteiger partial charge in [-0.3, -0.25) is 9.63 Å². The quantitative estimate of drug-likeness (QED) is 0.481. The zero-order chi connectivity index (χ0) is 17.2. The van der Waals surface area contributed by atoms with Crippen LogP contribution in [0.5, 0.6) is 0 Å². The molecule has 1 amide bonds. The van der Waals surface area contributed by atoms with Crippen molar-refractivity contribution in [2.24, 2.45) is 0 Å². The Morgan fingerprint density at radius 1 is 1.30 bits per heavy atom. The molecule has 0 aromatic heterocycles. The molecule has 1 aliphatic heterocycles. The van der Waals surface area contributed by atoms with Crippen LogP contribution in [0.1, 0.15) is 19.4 Å². The van der Waals surface area contributed by atoms with Crippen LogP contribution < -0.4 is 0 Å². The fourth-order valence-electron chi connectivity index (χ4n) is 1.91. The van der Waals surface area contributed by atoms with Crippen LogP contribution in [0.2, 0.25) is 0 Å². The lowest BCUT2D eigenvalue weighted by Gasteiger charge is -2.18. The smallest absolute Gasteiger partial charge is 0.377 e. The van der Waals surface area contributed by atoms with Gasteiger partial charge in [0.15, 0.2) is 11.6 Å². The third-order valence-corrected chi connectivity index (χ3v) is 2.93. The molecule has 1 heterocycles. The molecule has 1 fully saturated rings. The maximum Gasteiger partial charge on any atom is 0.377 e. The van der Waals surface area contributed by atoms with E-state index in [9.17, 15) is 18.4 Å². The summed E-state index contributed by atoms with van der Waals surface area (Å²) in [6, 6.07) is 3.21. The van der Waals surface area contributed by atoms with Gasteiger partial charge in [0.2, 0.25) is 11.5 Å². The van der Waals surface area contributed by atoms with Gasteiger partial charge in [0.1, 0.15) is 0 Å². The number of carbonyl (C=O) groups is 2. The lowest BCUT2D eigenvalue weighted by Crippen LogP contribution is -2.28. The highest BCUT2D eigenvalue weighted by molar-refractivity contribution is 5.97. The lowest BCUT2D eigenvalue weighted by atomic mass is 10.2. The highest BCUT2D eigenvalue weighted by Gasteiger charge is 2.38. The second-order valence-corrected chi connectivity index (χ2v) is 5.21. The van der Waals surface area contributed by atoms with E-state index in [0.29, 0.717) is 5.56 Å². The summed E-state index contributed by atoms with van der Waals surface area (Å²) < 4.78 is 36.2. The monoisotopic (exact) mass is 327 g/mol. The molecule has 8 heteroatoms. The number of rotatable bonds is 4. The van der Waals surface area contributed by atoms with Crippen LogP contribution in [0.3, 0.4) is 0 Å². The van der Waals surface area contributed by atoms with E-state index in [2.05, 4.69) is 0 Å². The molecule has 1 aliphatic rings. The van der Waals surface area contributed by atoms with Crippen LogP contribution in [-0.2, 0) is 30.4 Å². The van der Waals surface area contributed by atoms with Crippen LogP contribution in [0.4, 0.5) is 8.78 Å². The van der Waals surface area contributed by atoms with Gasteiger partial charge in [0.25, 0.3) is 5.91 Å². The number of halogens is 2. The molecule has 23 heavy (non-hydrogen) atoms. The lowest BCUT2D eigenvalue weighted by molar-refractivity contribution is -0.173. The van der Waals surface area contributed by atoms with Gasteiger partial charge in [-0.25, -0.2) is 18.6 Å². The van der Waals surface area contributed by atoms with Crippen molar-refractivity contribution in [2.45, 2.75) is 26.2 Å². The molecule has 1 aromatic carbocycles. The third kappa shape index (κ3) is 4.04. The van der Waals surface area contributed by atoms with Gasteiger partial charge in [-0.1, -0.05) is 6.07 Å². The molecule has 0 atom stereocenters. The average Bonchev–Trinajstić information content (AvgIpc) is 2.72. The number of hydroxylamine groups is 2. The van der Waals surface area contributed by atoms with Crippen LogP contribution in [0, 0.1) is 11.6 Å². The zero-order valence-electron chi connectivity index (χ0n) is 12.8. The normalized spacial score (nSPS) is 17.8. The van der Waals surface area contributed by atoms with Crippen molar-refractivity contribution >= 4 is 11.9 Å². The molecular weight excluding hydrogens is 312 g/mol. The van der Waals surface area contributed by atoms with E-state index in [4.69, 9.17) is 14.3 Å². The Morgan fingerprint density at radius 3 is 2.52 bits per heavy atom. The Bertz CT molecular complexity index is 672. The van der Waals surface area contributed by atoms with Gasteiger partial charge in [-0.15, -0.1) is 0 Å². The Hall–Kier alpha value is -2.48. The van der Waals surface area contributed by atoms with Crippen molar-refractivity contribution < 1.29 is 32.7 Å². The zero-order valence-corrected chi connectivity index (χ0v) is 12.8. The highest BCUT2D eigenvalue weighted by Crippen LogP contribution is 2.26. The summed E-state index contributed by atoms with van der Waals surface area (Å²) in [6.07, 6.45) is 0.917. The van der Waals surface area contributed by atoms with Crippen LogP contribution >= 0.6 is 0 Å². The van der Waals surface area contributed by atoms with Crippen molar-refractivity contribution in [2.75, 3.05) is 7.11 Å². The number of esters is 1. The van der Waals surface area contributed by atoms with Gasteiger partial charge in [-0.05, 0) is 17.7 Å². The predicted molar refractivity (Wildman–Crippen MR) is 73.3 cm³/mol. The number of nitrogens with zero attached hydrogens (tertiary/aromatic N) is 1. The molecule has 0 aliphatic carbocycles. The number of hydrogen-bond acceptors (Lipinski definition) is 5. The maximum atomic E-state index is 13.2. The van der Waals surface area contributed by atoms with E-state index in [1.807, 2.05) is 0 Å². The summed E-state index contributed by atoms with van der Waals surface area (Å²) >= 11 is 0. The minimum atomic E-state index is -1.15. The number of carbonyl (C=O) groups excluding carboxylic acids is 2. The van der Waals surface area contributed by atoms with E-state index >= 15 is 0 Å². The average molecular weight is 327 g/mol. The van der Waals surface area contributed by atoms with Gasteiger partial charge < -0.3 is 9.47 Å². The second kappa shape index (κ2) is 6.33. The van der Waals surface area contributed by atoms with E-state index < -0.39 is 29.3 Å². The van der Waals surface area contributed by atoms with E-state index in [-0.39, 0.29) is 12.3 Å². The molecule has 2 rings (SSSR count). The van der Waals surface area contributed by atoms with Crippen molar-refractivity contribution in [1.29, 1.82) is 0 Å². The first-order valence-electron chi connectivity index (χ1n) is 6.65. The van der Waals surface area contributed by atoms with Gasteiger partial charge in [-0.2, -0.15) is 0 Å². The first kappa shape index (κ1) is 16.9. The Balaban J connectivity index is 2.13. The van der Waals surface area contributed by atoms with Crippen molar-refractivity contribution in [3.05, 3.63) is 47.2 Å². The molecule has 0 saturated carbocycles. The fourth-order valence-corrected chi connectivity index (χ4v) is 1.91. The van der Waals surface area contributed by atoms with Crippen LogP contribution in [-0.4, -0.2) is 29.8 Å². The first-order valence-corrected chi connectivity index (χ1v) is 6.65. The largest absolute Gasteiger partial charge is 0.445 e. The molecule has 0 spiro atoms. The molecule has 1 aromatic rings. The highest BCUT2D eigenvalue weighted by atomic mass is 19.2. The third-order valence-electron chi connectivity index (χ3n) is 2.93. The topological polar surface area (TPSA) is 65.1 Å². The number of cyclic esters (lactones) is 1. The van der Waals surface area contributed by atoms with E-state index in [1.165, 1.54) is 27.0 Å². The summed E-state index contributed by atoms with van der Waals surface area (Å²) in [6.45, 7) is 2.89. The van der Waals surface area contributed by atoms with E-state index in [0.717, 1.165) is 23.3 Å². The molecule has 0 N–H and O–H groups in total. The molecule has 1 saturated heterocycles. The molecule has 124 valence electrons. The summed E-state index contributed by atoms with van der Waals surface area (Å²) in [4.78, 5) is 28.6. The minimum Gasteiger partial charge on any atom is -0.445 e. The Kier molecular flexibility index (Phi) is 4.65. The summed E-state index contributed by atoms with van der Waals surface area (Å²) in [5, 5.41) is 0.863. The Labute approximate surface area is 131 Å². The van der Waals surface area contributed by atoms with Crippen molar-refractivity contribution in [3.8, 4) is 0 Å². The molecule has 0 unspecified atom stereocenters. The van der Waals surface area contributed by atoms with Crippen LogP contribution in [0.15, 0.2) is 30.0 Å². The molecule has 0 bridgehead atoms. The SMILES string of the molecule is CON(Cc1ccc(F)c(F)c1)C(=O)/C=C1\OC(C)(C)OC1=O. The number of benzene rings is 1. The number of hydrogen-bond donors (Lipinski definition) is 0. The first-order chi connectivity index (χ1) is 10.7. The number of ether oxygens (including phenoxy) is 2. The van der Waals surface area contributed by atoms with Gasteiger partial charge in [0.05, 0.1) is 19.7 Å². The second-order valence-electron chi connectivity index (χ2n) is 5.21. The maximum absolute atomic E-state index is 13.2. The summed E-state index contributed by atoms with van der Waals surface area (Å²) in [5.74, 6) is -4.91. The van der Waals surface area contributed by atoms with E-state index in [1.54, 1.807) is 0 Å². The van der Waals surface area contributed by atoms with Crippen LogP contribution in [0.25, 0.3) is 0 Å². The molecule has 0 radical (unpaired) electrons. The predicted octanol–water partition coefficient (Wildman–Crippen LogP) is 2.05. The van der Waals surface area contributed by atoms with Gasteiger partial charge in [0, 0.05) is 13.8 Å². The van der Waals surface area contributed by atoms with Gasteiger partial charge >= 0.3 is 5.97 Å². The fraction of sp³-hybridized carbons (Fsp3) is 0.333. The summed E-state index contributed by atoms with van der Waals surface area (Å²) in [7, 11) is 1.23. The van der Waals surface area contributed by atoms with Crippen molar-refractivity contribution in [1.82, 2.24) is 5.06 Å². The summed E-state index contributed by atoms with van der Waals surface area (Å²) in [5.41, 5.74) is 0.313. The number of amides is 1. The Morgan fingerprint density at radius 2 is 2.00 bits per heavy atom. The molecular formula is C15H15F2NO5.